The molecule has 2 aliphatic heterocycles. The first kappa shape index (κ1) is 23.2. The van der Waals surface area contributed by atoms with E-state index in [0.717, 1.165) is 24.2 Å². The van der Waals surface area contributed by atoms with Crippen molar-refractivity contribution in [1.82, 2.24) is 14.8 Å². The Morgan fingerprint density at radius 2 is 1.55 bits per heavy atom. The number of rotatable bonds is 2. The maximum Gasteiger partial charge on any atom is 0.410 e. The Balaban J connectivity index is 1.71. The molecule has 3 heterocycles. The molecule has 0 aromatic carbocycles. The minimum atomic E-state index is -0.528. The lowest BCUT2D eigenvalue weighted by atomic mass is 10.0. The molecule has 0 saturated carbocycles. The number of likely N-dealkylation sites (tertiary alicyclic amines) is 1. The second kappa shape index (κ2) is 8.93. The molecule has 0 spiro atoms. The molecule has 0 N–H and O–H groups in total. The number of pyridine rings is 1. The quantitative estimate of drug-likeness (QED) is 0.697. The molecule has 172 valence electrons. The lowest BCUT2D eigenvalue weighted by Gasteiger charge is -2.38. The Hall–Kier alpha value is -2.51. The number of carbonyl (C=O) groups is 2. The standard InChI is InChI=1S/C23H36N4O4/c1-22(2,3)30-20(28)26-15-13-25(14-16-26)19-17(9-7-11-24-19)18-10-8-12-27(18)21(29)31-23(4,5)6/h7,9,11,18H,8,10,12-16H2,1-6H3/t18-/m1/s1. The first-order valence-corrected chi connectivity index (χ1v) is 11.1. The fourth-order valence-electron chi connectivity index (χ4n) is 3.99. The van der Waals surface area contributed by atoms with Crippen LogP contribution in [0, 0.1) is 0 Å². The maximum absolute atomic E-state index is 12.8. The molecule has 0 radical (unpaired) electrons. The van der Waals surface area contributed by atoms with Gasteiger partial charge in [0.15, 0.2) is 0 Å². The van der Waals surface area contributed by atoms with Crippen molar-refractivity contribution >= 4 is 18.0 Å². The SMILES string of the molecule is CC(C)(C)OC(=O)N1CCN(c2ncccc2[C@H]2CCCN2C(=O)OC(C)(C)C)CC1. The van der Waals surface area contributed by atoms with Crippen molar-refractivity contribution < 1.29 is 19.1 Å². The second-order valence-corrected chi connectivity index (χ2v) is 10.2. The summed E-state index contributed by atoms with van der Waals surface area (Å²) in [7, 11) is 0. The highest BCUT2D eigenvalue weighted by molar-refractivity contribution is 5.70. The zero-order valence-electron chi connectivity index (χ0n) is 19.7. The van der Waals surface area contributed by atoms with Crippen molar-refractivity contribution in [3.8, 4) is 0 Å². The highest BCUT2D eigenvalue weighted by atomic mass is 16.6. The van der Waals surface area contributed by atoms with Crippen LogP contribution in [-0.4, -0.2) is 70.9 Å². The molecular formula is C23H36N4O4. The molecule has 1 aromatic heterocycles. The predicted octanol–water partition coefficient (Wildman–Crippen LogP) is 4.21. The highest BCUT2D eigenvalue weighted by Gasteiger charge is 2.36. The summed E-state index contributed by atoms with van der Waals surface area (Å²) < 4.78 is 11.1. The topological polar surface area (TPSA) is 75.2 Å². The van der Waals surface area contributed by atoms with Gasteiger partial charge in [-0.05, 0) is 60.5 Å². The third kappa shape index (κ3) is 6.02. The van der Waals surface area contributed by atoms with E-state index < -0.39 is 11.2 Å². The van der Waals surface area contributed by atoms with Gasteiger partial charge in [-0.15, -0.1) is 0 Å². The second-order valence-electron chi connectivity index (χ2n) is 10.2. The van der Waals surface area contributed by atoms with Crippen LogP contribution in [0.3, 0.4) is 0 Å². The van der Waals surface area contributed by atoms with Gasteiger partial charge in [-0.25, -0.2) is 14.6 Å². The fourth-order valence-corrected chi connectivity index (χ4v) is 3.99. The molecule has 2 saturated heterocycles. The Kier molecular flexibility index (Phi) is 6.67. The first-order valence-electron chi connectivity index (χ1n) is 11.1. The third-order valence-corrected chi connectivity index (χ3v) is 5.29. The normalized spacial score (nSPS) is 20.1. The van der Waals surface area contributed by atoms with Crippen LogP contribution < -0.4 is 4.90 Å². The van der Waals surface area contributed by atoms with Crippen molar-refractivity contribution in [2.24, 2.45) is 0 Å². The number of nitrogens with zero attached hydrogens (tertiary/aromatic N) is 4. The minimum Gasteiger partial charge on any atom is -0.444 e. The Morgan fingerprint density at radius 3 is 2.16 bits per heavy atom. The van der Waals surface area contributed by atoms with Gasteiger partial charge in [0.05, 0.1) is 6.04 Å². The largest absolute Gasteiger partial charge is 0.444 e. The van der Waals surface area contributed by atoms with E-state index in [-0.39, 0.29) is 18.2 Å². The molecule has 8 heteroatoms. The number of anilines is 1. The van der Waals surface area contributed by atoms with Gasteiger partial charge >= 0.3 is 12.2 Å². The molecule has 2 amide bonds. The highest BCUT2D eigenvalue weighted by Crippen LogP contribution is 2.37. The van der Waals surface area contributed by atoms with Gasteiger partial charge in [0.1, 0.15) is 17.0 Å². The van der Waals surface area contributed by atoms with Gasteiger partial charge in [-0.1, -0.05) is 6.07 Å². The monoisotopic (exact) mass is 432 g/mol. The summed E-state index contributed by atoms with van der Waals surface area (Å²) in [5.74, 6) is 0.881. The van der Waals surface area contributed by atoms with Crippen molar-refractivity contribution in [1.29, 1.82) is 0 Å². The number of hydrogen-bond donors (Lipinski definition) is 0. The van der Waals surface area contributed by atoms with E-state index in [1.54, 1.807) is 11.1 Å². The Bertz CT molecular complexity index is 792. The van der Waals surface area contributed by atoms with Crippen molar-refractivity contribution in [3.63, 3.8) is 0 Å². The van der Waals surface area contributed by atoms with Gasteiger partial charge < -0.3 is 24.2 Å². The molecule has 1 atom stereocenters. The minimum absolute atomic E-state index is 0.0533. The molecule has 2 aliphatic rings. The van der Waals surface area contributed by atoms with E-state index in [1.807, 2.05) is 52.5 Å². The smallest absolute Gasteiger partial charge is 0.410 e. The number of amides is 2. The average Bonchev–Trinajstić information content (AvgIpc) is 3.15. The van der Waals surface area contributed by atoms with Crippen molar-refractivity contribution in [2.75, 3.05) is 37.6 Å². The van der Waals surface area contributed by atoms with Crippen LogP contribution in [0.4, 0.5) is 15.4 Å². The van der Waals surface area contributed by atoms with E-state index in [0.29, 0.717) is 32.7 Å². The summed E-state index contributed by atoms with van der Waals surface area (Å²) in [4.78, 5) is 35.6. The molecule has 0 unspecified atom stereocenters. The van der Waals surface area contributed by atoms with Crippen LogP contribution in [0.5, 0.6) is 0 Å². The summed E-state index contributed by atoms with van der Waals surface area (Å²) in [6.45, 7) is 14.4. The van der Waals surface area contributed by atoms with Crippen LogP contribution in [0.1, 0.15) is 66.0 Å². The average molecular weight is 433 g/mol. The predicted molar refractivity (Wildman–Crippen MR) is 119 cm³/mol. The summed E-state index contributed by atoms with van der Waals surface area (Å²) in [6, 6.07) is 3.92. The summed E-state index contributed by atoms with van der Waals surface area (Å²) in [6.07, 6.45) is 3.05. The lowest BCUT2D eigenvalue weighted by molar-refractivity contribution is 0.0215. The van der Waals surface area contributed by atoms with E-state index in [2.05, 4.69) is 16.0 Å². The van der Waals surface area contributed by atoms with Gasteiger partial charge in [0.25, 0.3) is 0 Å². The van der Waals surface area contributed by atoms with Crippen LogP contribution in [0.25, 0.3) is 0 Å². The van der Waals surface area contributed by atoms with Crippen LogP contribution in [-0.2, 0) is 9.47 Å². The van der Waals surface area contributed by atoms with Crippen LogP contribution in [0.15, 0.2) is 18.3 Å². The summed E-state index contributed by atoms with van der Waals surface area (Å²) in [5, 5.41) is 0. The van der Waals surface area contributed by atoms with E-state index in [9.17, 15) is 9.59 Å². The molecule has 0 bridgehead atoms. The molecule has 0 aliphatic carbocycles. The Labute approximate surface area is 185 Å². The van der Waals surface area contributed by atoms with Crippen LogP contribution >= 0.6 is 0 Å². The van der Waals surface area contributed by atoms with Crippen LogP contribution in [0.2, 0.25) is 0 Å². The van der Waals surface area contributed by atoms with Crippen molar-refractivity contribution in [2.45, 2.75) is 71.6 Å². The van der Waals surface area contributed by atoms with Gasteiger partial charge in [0.2, 0.25) is 0 Å². The fraction of sp³-hybridized carbons (Fsp3) is 0.696. The number of piperazine rings is 1. The summed E-state index contributed by atoms with van der Waals surface area (Å²) in [5.41, 5.74) is 0.00670. The molecule has 3 rings (SSSR count). The number of ether oxygens (including phenoxy) is 2. The molecule has 8 nitrogen and oxygen atoms in total. The van der Waals surface area contributed by atoms with Crippen molar-refractivity contribution in [3.05, 3.63) is 23.9 Å². The number of hydrogen-bond acceptors (Lipinski definition) is 6. The summed E-state index contributed by atoms with van der Waals surface area (Å²) >= 11 is 0. The maximum atomic E-state index is 12.8. The van der Waals surface area contributed by atoms with E-state index in [4.69, 9.17) is 9.47 Å². The molecule has 31 heavy (non-hydrogen) atoms. The molecule has 2 fully saturated rings. The Morgan fingerprint density at radius 1 is 0.935 bits per heavy atom. The van der Waals surface area contributed by atoms with E-state index >= 15 is 0 Å². The molecule has 1 aromatic rings. The number of carbonyl (C=O) groups excluding carboxylic acids is 2. The van der Waals surface area contributed by atoms with Gasteiger partial charge in [-0.2, -0.15) is 0 Å². The zero-order chi connectivity index (χ0) is 22.8. The first-order chi connectivity index (χ1) is 14.4. The van der Waals surface area contributed by atoms with E-state index in [1.165, 1.54) is 0 Å². The van der Waals surface area contributed by atoms with Gasteiger partial charge in [0, 0.05) is 44.5 Å². The number of aromatic nitrogens is 1. The third-order valence-electron chi connectivity index (χ3n) is 5.29. The van der Waals surface area contributed by atoms with Gasteiger partial charge in [-0.3, -0.25) is 0 Å². The molecular weight excluding hydrogens is 396 g/mol. The zero-order valence-corrected chi connectivity index (χ0v) is 19.7. The lowest BCUT2D eigenvalue weighted by Crippen LogP contribution is -2.50.